The van der Waals surface area contributed by atoms with Crippen molar-refractivity contribution < 1.29 is 19.5 Å². The maximum Gasteiger partial charge on any atom is 0.187 e. The van der Waals surface area contributed by atoms with E-state index in [0.717, 1.165) is 39.4 Å². The van der Waals surface area contributed by atoms with E-state index in [1.54, 1.807) is 18.2 Å². The van der Waals surface area contributed by atoms with E-state index in [1.807, 2.05) is 6.92 Å². The van der Waals surface area contributed by atoms with Gasteiger partial charge in [0.15, 0.2) is 16.6 Å². The minimum absolute atomic E-state index is 0.0692. The molecule has 7 nitrogen and oxygen atoms in total. The Morgan fingerprint density at radius 1 is 1.46 bits per heavy atom. The van der Waals surface area contributed by atoms with Gasteiger partial charge in [0.05, 0.1) is 39.1 Å². The number of quaternary nitrogens is 1. The Morgan fingerprint density at radius 2 is 2.25 bits per heavy atom. The summed E-state index contributed by atoms with van der Waals surface area (Å²) in [6.07, 6.45) is 1.51. The Balaban J connectivity index is 1.72. The number of rotatable bonds is 7. The quantitative estimate of drug-likeness (QED) is 0.301. The summed E-state index contributed by atoms with van der Waals surface area (Å²) < 4.78 is 10.7. The van der Waals surface area contributed by atoms with Crippen molar-refractivity contribution in [2.24, 2.45) is 5.10 Å². The van der Waals surface area contributed by atoms with Crippen LogP contribution in [-0.2, 0) is 4.74 Å². The molecule has 132 valence electrons. The molecule has 0 unspecified atom stereocenters. The average Bonchev–Trinajstić information content (AvgIpc) is 2.59. The number of para-hydroxylation sites is 1. The van der Waals surface area contributed by atoms with Crippen LogP contribution < -0.4 is 20.4 Å². The number of thiocarbonyl (C=S) groups is 1. The summed E-state index contributed by atoms with van der Waals surface area (Å²) in [6, 6.07) is 5.26. The number of phenols is 1. The third-order valence-electron chi connectivity index (χ3n) is 3.66. The van der Waals surface area contributed by atoms with E-state index >= 15 is 0 Å². The van der Waals surface area contributed by atoms with Crippen molar-refractivity contribution in [3.63, 3.8) is 0 Å². The second-order valence-corrected chi connectivity index (χ2v) is 5.77. The molecule has 0 spiro atoms. The van der Waals surface area contributed by atoms with Gasteiger partial charge in [-0.3, -0.25) is 5.43 Å². The predicted octanol–water partition coefficient (Wildman–Crippen LogP) is -0.496. The Bertz CT molecular complexity index is 562. The molecule has 0 saturated carbocycles. The van der Waals surface area contributed by atoms with E-state index in [0.29, 0.717) is 23.0 Å². The summed E-state index contributed by atoms with van der Waals surface area (Å²) in [5, 5.41) is 17.7. The molecule has 4 N–H and O–H groups in total. The van der Waals surface area contributed by atoms with Crippen molar-refractivity contribution >= 4 is 23.5 Å². The fourth-order valence-electron chi connectivity index (χ4n) is 2.38. The molecule has 1 aliphatic heterocycles. The highest BCUT2D eigenvalue weighted by molar-refractivity contribution is 7.80. The minimum Gasteiger partial charge on any atom is -0.504 e. The first-order chi connectivity index (χ1) is 11.7. The molecular formula is C16H25N4O3S+. The van der Waals surface area contributed by atoms with Gasteiger partial charge in [0.25, 0.3) is 0 Å². The van der Waals surface area contributed by atoms with Crippen LogP contribution in [0.2, 0.25) is 0 Å². The van der Waals surface area contributed by atoms with Gasteiger partial charge in [-0.2, -0.15) is 5.10 Å². The normalized spacial score (nSPS) is 15.4. The Hall–Kier alpha value is -1.90. The van der Waals surface area contributed by atoms with Crippen molar-refractivity contribution in [1.82, 2.24) is 10.7 Å². The summed E-state index contributed by atoms with van der Waals surface area (Å²) in [7, 11) is 0. The number of ether oxygens (including phenoxy) is 2. The fourth-order valence-corrected chi connectivity index (χ4v) is 2.53. The zero-order valence-electron chi connectivity index (χ0n) is 13.9. The predicted molar refractivity (Wildman–Crippen MR) is 97.0 cm³/mol. The highest BCUT2D eigenvalue weighted by atomic mass is 32.1. The summed E-state index contributed by atoms with van der Waals surface area (Å²) in [6.45, 7) is 7.86. The maximum absolute atomic E-state index is 10.1. The Kier molecular flexibility index (Phi) is 7.73. The number of hydrogen-bond acceptors (Lipinski definition) is 5. The molecule has 1 fully saturated rings. The lowest BCUT2D eigenvalue weighted by atomic mass is 10.2. The van der Waals surface area contributed by atoms with Gasteiger partial charge in [0, 0.05) is 5.56 Å². The van der Waals surface area contributed by atoms with Crippen molar-refractivity contribution in [3.05, 3.63) is 23.8 Å². The molecular weight excluding hydrogens is 328 g/mol. The SMILES string of the molecule is CCOc1cccc(/C=N/NC(=S)NCC[NH+]2CCOCC2)c1O. The summed E-state index contributed by atoms with van der Waals surface area (Å²) in [4.78, 5) is 1.51. The molecule has 1 aromatic rings. The number of nitrogens with one attached hydrogen (secondary N) is 3. The zero-order chi connectivity index (χ0) is 17.2. The van der Waals surface area contributed by atoms with Crippen LogP contribution in [0.15, 0.2) is 23.3 Å². The van der Waals surface area contributed by atoms with Crippen LogP contribution in [0.3, 0.4) is 0 Å². The number of morpholine rings is 1. The molecule has 1 aromatic carbocycles. The molecule has 0 aromatic heterocycles. The van der Waals surface area contributed by atoms with E-state index in [9.17, 15) is 5.11 Å². The van der Waals surface area contributed by atoms with Gasteiger partial charge in [0.1, 0.15) is 13.1 Å². The standard InChI is InChI=1S/C16H24N4O3S/c1-2-23-14-5-3-4-13(15(14)21)12-18-19-16(24)17-6-7-20-8-10-22-11-9-20/h3-5,12,21H,2,6-11H2,1H3,(H2,17,19,24)/p+1/b18-12+. The molecule has 2 rings (SSSR count). The van der Waals surface area contributed by atoms with Crippen LogP contribution in [0.1, 0.15) is 12.5 Å². The van der Waals surface area contributed by atoms with Crippen LogP contribution in [0.25, 0.3) is 0 Å². The third-order valence-corrected chi connectivity index (χ3v) is 3.90. The number of hydrazone groups is 1. The van der Waals surface area contributed by atoms with E-state index in [-0.39, 0.29) is 5.75 Å². The van der Waals surface area contributed by atoms with E-state index in [4.69, 9.17) is 21.7 Å². The Morgan fingerprint density at radius 3 is 3.00 bits per heavy atom. The average molecular weight is 353 g/mol. The molecule has 0 aliphatic carbocycles. The van der Waals surface area contributed by atoms with E-state index in [2.05, 4.69) is 15.8 Å². The molecule has 0 radical (unpaired) electrons. The zero-order valence-corrected chi connectivity index (χ0v) is 14.7. The van der Waals surface area contributed by atoms with Crippen LogP contribution >= 0.6 is 12.2 Å². The molecule has 0 atom stereocenters. The molecule has 1 aliphatic rings. The summed E-state index contributed by atoms with van der Waals surface area (Å²) >= 11 is 5.18. The third kappa shape index (κ3) is 5.95. The first-order valence-corrected chi connectivity index (χ1v) is 8.54. The van der Waals surface area contributed by atoms with Crippen LogP contribution in [-0.4, -0.2) is 62.4 Å². The second-order valence-electron chi connectivity index (χ2n) is 5.37. The lowest BCUT2D eigenvalue weighted by Crippen LogP contribution is -3.14. The van der Waals surface area contributed by atoms with Crippen LogP contribution in [0.5, 0.6) is 11.5 Å². The minimum atomic E-state index is 0.0692. The van der Waals surface area contributed by atoms with Gasteiger partial charge in [-0.15, -0.1) is 0 Å². The van der Waals surface area contributed by atoms with Gasteiger partial charge in [0.2, 0.25) is 0 Å². The first kappa shape index (κ1) is 18.4. The number of hydrogen-bond donors (Lipinski definition) is 4. The van der Waals surface area contributed by atoms with Gasteiger partial charge in [-0.1, -0.05) is 6.07 Å². The number of phenolic OH excluding ortho intramolecular Hbond substituents is 1. The smallest absolute Gasteiger partial charge is 0.187 e. The maximum atomic E-state index is 10.1. The first-order valence-electron chi connectivity index (χ1n) is 8.13. The number of aromatic hydroxyl groups is 1. The van der Waals surface area contributed by atoms with E-state index < -0.39 is 0 Å². The van der Waals surface area contributed by atoms with Gasteiger partial charge >= 0.3 is 0 Å². The summed E-state index contributed by atoms with van der Waals surface area (Å²) in [5.74, 6) is 0.510. The van der Waals surface area contributed by atoms with Crippen molar-refractivity contribution in [1.29, 1.82) is 0 Å². The van der Waals surface area contributed by atoms with Crippen LogP contribution in [0.4, 0.5) is 0 Å². The van der Waals surface area contributed by atoms with Crippen molar-refractivity contribution in [3.8, 4) is 11.5 Å². The van der Waals surface area contributed by atoms with E-state index in [1.165, 1.54) is 11.1 Å². The largest absolute Gasteiger partial charge is 0.504 e. The molecule has 8 heteroatoms. The van der Waals surface area contributed by atoms with Crippen molar-refractivity contribution in [2.45, 2.75) is 6.92 Å². The highest BCUT2D eigenvalue weighted by Gasteiger charge is 2.12. The molecule has 24 heavy (non-hydrogen) atoms. The Labute approximate surface area is 147 Å². The van der Waals surface area contributed by atoms with Crippen molar-refractivity contribution in [2.75, 3.05) is 46.0 Å². The van der Waals surface area contributed by atoms with Gasteiger partial charge in [-0.25, -0.2) is 0 Å². The lowest BCUT2D eigenvalue weighted by Gasteiger charge is -2.23. The molecule has 0 bridgehead atoms. The monoisotopic (exact) mass is 353 g/mol. The van der Waals surface area contributed by atoms with Crippen LogP contribution in [0, 0.1) is 0 Å². The lowest BCUT2D eigenvalue weighted by molar-refractivity contribution is -0.906. The summed E-state index contributed by atoms with van der Waals surface area (Å²) in [5.41, 5.74) is 3.32. The van der Waals surface area contributed by atoms with Gasteiger partial charge in [-0.05, 0) is 31.3 Å². The van der Waals surface area contributed by atoms with Gasteiger partial charge < -0.3 is 24.8 Å². The fraction of sp³-hybridized carbons (Fsp3) is 0.500. The molecule has 1 heterocycles. The topological polar surface area (TPSA) is 79.5 Å². The highest BCUT2D eigenvalue weighted by Crippen LogP contribution is 2.28. The number of nitrogens with zero attached hydrogens (tertiary/aromatic N) is 1. The molecule has 0 amide bonds. The molecule has 1 saturated heterocycles. The number of benzene rings is 1. The second kappa shape index (κ2) is 10.1.